The van der Waals surface area contributed by atoms with Crippen LogP contribution in [-0.4, -0.2) is 85.7 Å². The van der Waals surface area contributed by atoms with Crippen LogP contribution in [-0.2, 0) is 27.9 Å². The Kier molecular flexibility index (Phi) is 8.08. The van der Waals surface area contributed by atoms with Crippen molar-refractivity contribution in [2.45, 2.75) is 74.6 Å². The van der Waals surface area contributed by atoms with Gasteiger partial charge in [0, 0.05) is 46.6 Å². The Morgan fingerprint density at radius 3 is 2.62 bits per heavy atom. The summed E-state index contributed by atoms with van der Waals surface area (Å²) in [6.45, 7) is 6.64. The predicted molar refractivity (Wildman–Crippen MR) is 193 cm³/mol. The topological polar surface area (TPSA) is 164 Å². The third kappa shape index (κ3) is 4.70. The Bertz CT molecular complexity index is 2100. The minimum absolute atomic E-state index is 0.00698. The van der Waals surface area contributed by atoms with Gasteiger partial charge in [0.05, 0.1) is 44.2 Å². The number of carbonyl (C=O) groups excluding carboxylic acids is 1. The number of fused-ring (bicyclic) bond motifs is 9. The first-order chi connectivity index (χ1) is 25.7. The summed E-state index contributed by atoms with van der Waals surface area (Å²) in [6.07, 6.45) is 1.11. The van der Waals surface area contributed by atoms with Gasteiger partial charge >= 0.3 is 5.97 Å². The van der Waals surface area contributed by atoms with Crippen molar-refractivity contribution >= 4 is 17.7 Å². The van der Waals surface area contributed by atoms with Crippen molar-refractivity contribution in [2.75, 3.05) is 46.5 Å². The molecular weight excluding hydrogens is 701 g/mol. The molecule has 10 rings (SSSR count). The van der Waals surface area contributed by atoms with Crippen molar-refractivity contribution in [1.29, 1.82) is 5.26 Å². The molecule has 0 radical (unpaired) electrons. The zero-order valence-electron chi connectivity index (χ0n) is 30.2. The number of phenols is 2. The number of aromatic hydroxyl groups is 2. The number of piperazine rings is 1. The van der Waals surface area contributed by atoms with E-state index in [0.717, 1.165) is 38.9 Å². The zero-order chi connectivity index (χ0) is 36.9. The molecule has 7 aliphatic rings. The van der Waals surface area contributed by atoms with Crippen molar-refractivity contribution < 1.29 is 43.4 Å². The van der Waals surface area contributed by atoms with E-state index < -0.39 is 40.9 Å². The minimum Gasteiger partial charge on any atom is -0.504 e. The highest BCUT2D eigenvalue weighted by molar-refractivity contribution is 7.99. The molecule has 14 heteroatoms. The molecule has 2 fully saturated rings. The van der Waals surface area contributed by atoms with Crippen molar-refractivity contribution in [3.63, 3.8) is 0 Å². The summed E-state index contributed by atoms with van der Waals surface area (Å²) < 4.78 is 36.6. The number of ether oxygens (including phenoxy) is 6. The van der Waals surface area contributed by atoms with Crippen LogP contribution in [0.15, 0.2) is 18.2 Å². The SMILES string of the molecule is CCOc1c(C)c2c(c3c1[C@H]1SC[C@]4(NCCc5cc(O)c(OC)cc54)C(=O)OC[C@@H]3N3C1[C@@H]1N[C@@H](Cc4cc(C)c(OC)c(O)c41)[C@@H]3C#N)OCO2. The molecule has 0 saturated carbocycles. The zero-order valence-corrected chi connectivity index (χ0v) is 31.0. The Morgan fingerprint density at radius 1 is 1.06 bits per heavy atom. The number of nitrogens with zero attached hydrogens (tertiary/aromatic N) is 2. The van der Waals surface area contributed by atoms with Crippen LogP contribution >= 0.6 is 11.8 Å². The molecule has 3 aromatic rings. The lowest BCUT2D eigenvalue weighted by Crippen LogP contribution is -2.69. The lowest BCUT2D eigenvalue weighted by molar-refractivity contribution is -0.155. The maximum atomic E-state index is 14.7. The van der Waals surface area contributed by atoms with Crippen LogP contribution in [0.1, 0.15) is 68.8 Å². The van der Waals surface area contributed by atoms with Crippen molar-refractivity contribution in [1.82, 2.24) is 15.5 Å². The molecule has 7 atom stereocenters. The number of rotatable bonds is 4. The number of nitrogens with one attached hydrogen (secondary N) is 2. The predicted octanol–water partition coefficient (Wildman–Crippen LogP) is 4.12. The number of aryl methyl sites for hydroxylation is 1. The standard InChI is InChI=1S/C39H42N4O9S/c1-6-49-34-18(3)35-36(52-16-51-35)28-24-14-50-38(46)39(21-12-26(47-4)25(44)11-19(21)7-8-41-39)15-53-37(29(28)34)31-30-27-20(9-17(2)33(48-5)32(27)45)10-22(42-30)23(13-40)43(24)31/h9,11-12,22-24,30-31,37,41-42,44-45H,6-8,10,14-16H2,1-5H3/t22-,23-,24-,30+,31?,37+,39+/m0/s1. The van der Waals surface area contributed by atoms with E-state index in [0.29, 0.717) is 54.6 Å². The van der Waals surface area contributed by atoms with Crippen molar-refractivity contribution in [3.8, 4) is 46.3 Å². The van der Waals surface area contributed by atoms with Gasteiger partial charge in [-0.05, 0) is 68.0 Å². The summed E-state index contributed by atoms with van der Waals surface area (Å²) in [6, 6.07) is 5.69. The van der Waals surface area contributed by atoms with Crippen LogP contribution in [0.4, 0.5) is 0 Å². The Balaban J connectivity index is 1.31. The molecule has 7 heterocycles. The van der Waals surface area contributed by atoms with E-state index in [2.05, 4.69) is 27.7 Å². The van der Waals surface area contributed by atoms with E-state index in [1.165, 1.54) is 7.11 Å². The molecule has 2 saturated heterocycles. The minimum atomic E-state index is -1.29. The number of methoxy groups -OCH3 is 2. The molecule has 7 aliphatic heterocycles. The van der Waals surface area contributed by atoms with Gasteiger partial charge in [0.2, 0.25) is 6.79 Å². The van der Waals surface area contributed by atoms with Gasteiger partial charge in [0.15, 0.2) is 40.0 Å². The Hall–Kier alpha value is -4.55. The number of hydrogen-bond donors (Lipinski definition) is 4. The molecule has 3 aromatic carbocycles. The molecule has 1 unspecified atom stereocenters. The maximum Gasteiger partial charge on any atom is 0.331 e. The molecule has 13 nitrogen and oxygen atoms in total. The average molecular weight is 743 g/mol. The number of carbonyl (C=O) groups is 1. The molecule has 0 amide bonds. The van der Waals surface area contributed by atoms with Crippen LogP contribution in [0, 0.1) is 25.2 Å². The molecule has 53 heavy (non-hydrogen) atoms. The third-order valence-electron chi connectivity index (χ3n) is 12.0. The Morgan fingerprint density at radius 2 is 1.87 bits per heavy atom. The summed E-state index contributed by atoms with van der Waals surface area (Å²) in [5.41, 5.74) is 5.27. The fraction of sp³-hybridized carbons (Fsp3) is 0.487. The normalized spacial score (nSPS) is 29.2. The van der Waals surface area contributed by atoms with E-state index in [4.69, 9.17) is 28.4 Å². The largest absolute Gasteiger partial charge is 0.504 e. The van der Waals surface area contributed by atoms with E-state index in [1.54, 1.807) is 31.0 Å². The fourth-order valence-electron chi connectivity index (χ4n) is 9.85. The van der Waals surface area contributed by atoms with Gasteiger partial charge in [-0.15, -0.1) is 11.8 Å². The van der Waals surface area contributed by atoms with Gasteiger partial charge in [0.25, 0.3) is 0 Å². The molecule has 1 spiro atoms. The quantitative estimate of drug-likeness (QED) is 0.282. The lowest BCUT2D eigenvalue weighted by atomic mass is 9.72. The second kappa shape index (κ2) is 12.5. The number of thioether (sulfide) groups is 1. The van der Waals surface area contributed by atoms with Crippen LogP contribution in [0.3, 0.4) is 0 Å². The molecule has 0 aliphatic carbocycles. The number of phenolic OH excluding ortho intramolecular Hbond substituents is 2. The molecule has 278 valence electrons. The lowest BCUT2D eigenvalue weighted by Gasteiger charge is -2.59. The molecule has 4 bridgehead atoms. The summed E-state index contributed by atoms with van der Waals surface area (Å²) in [5.74, 6) is 2.37. The summed E-state index contributed by atoms with van der Waals surface area (Å²) in [5, 5.41) is 40.6. The van der Waals surface area contributed by atoms with Crippen molar-refractivity contribution in [2.24, 2.45) is 0 Å². The van der Waals surface area contributed by atoms with Crippen LogP contribution < -0.4 is 34.3 Å². The van der Waals surface area contributed by atoms with E-state index >= 15 is 0 Å². The second-order valence-electron chi connectivity index (χ2n) is 14.5. The van der Waals surface area contributed by atoms with Gasteiger partial charge in [-0.3, -0.25) is 10.2 Å². The number of hydrogen-bond acceptors (Lipinski definition) is 14. The smallest absolute Gasteiger partial charge is 0.331 e. The van der Waals surface area contributed by atoms with E-state index in [1.807, 2.05) is 20.8 Å². The van der Waals surface area contributed by atoms with Gasteiger partial charge in [-0.2, -0.15) is 5.26 Å². The van der Waals surface area contributed by atoms with Gasteiger partial charge < -0.3 is 44.0 Å². The van der Waals surface area contributed by atoms with Gasteiger partial charge in [0.1, 0.15) is 18.4 Å². The molecule has 0 aromatic heterocycles. The Labute approximate surface area is 311 Å². The van der Waals surface area contributed by atoms with E-state index in [-0.39, 0.29) is 42.4 Å². The number of benzene rings is 3. The monoisotopic (exact) mass is 742 g/mol. The molecule has 4 N–H and O–H groups in total. The first kappa shape index (κ1) is 34.2. The highest BCUT2D eigenvalue weighted by Gasteiger charge is 2.60. The van der Waals surface area contributed by atoms with Crippen LogP contribution in [0.2, 0.25) is 0 Å². The maximum absolute atomic E-state index is 14.7. The van der Waals surface area contributed by atoms with Crippen LogP contribution in [0.5, 0.6) is 40.2 Å². The molecular formula is C39H42N4O9S. The summed E-state index contributed by atoms with van der Waals surface area (Å²) in [4.78, 5) is 16.9. The first-order valence-electron chi connectivity index (χ1n) is 18.0. The average Bonchev–Trinajstić information content (AvgIpc) is 3.64. The second-order valence-corrected chi connectivity index (χ2v) is 15.6. The summed E-state index contributed by atoms with van der Waals surface area (Å²) >= 11 is 1.57. The highest BCUT2D eigenvalue weighted by atomic mass is 32.2. The first-order valence-corrected chi connectivity index (χ1v) is 19.1. The summed E-state index contributed by atoms with van der Waals surface area (Å²) in [7, 11) is 3.04. The van der Waals surface area contributed by atoms with E-state index in [9.17, 15) is 20.3 Å². The third-order valence-corrected chi connectivity index (χ3v) is 13.4. The number of esters is 1. The van der Waals surface area contributed by atoms with Gasteiger partial charge in [-0.25, -0.2) is 4.79 Å². The van der Waals surface area contributed by atoms with Crippen molar-refractivity contribution in [3.05, 3.63) is 62.7 Å². The van der Waals surface area contributed by atoms with Crippen LogP contribution in [0.25, 0.3) is 0 Å². The number of nitriles is 1. The highest BCUT2D eigenvalue weighted by Crippen LogP contribution is 2.63. The van der Waals surface area contributed by atoms with Gasteiger partial charge in [-0.1, -0.05) is 6.07 Å². The fourth-order valence-corrected chi connectivity index (χ4v) is 11.5.